The van der Waals surface area contributed by atoms with E-state index in [0.717, 1.165) is 18.4 Å². The number of hydrogen-bond acceptors (Lipinski definition) is 5. The number of amides is 2. The van der Waals surface area contributed by atoms with Crippen molar-refractivity contribution in [1.29, 1.82) is 5.41 Å². The van der Waals surface area contributed by atoms with Crippen molar-refractivity contribution in [2.75, 3.05) is 6.54 Å². The smallest absolute Gasteiger partial charge is 0.426 e. The summed E-state index contributed by atoms with van der Waals surface area (Å²) >= 11 is 0. The Morgan fingerprint density at radius 2 is 1.71 bits per heavy atom. The summed E-state index contributed by atoms with van der Waals surface area (Å²) in [5, 5.41) is 33.3. The predicted octanol–water partition coefficient (Wildman–Crippen LogP) is 1.59. The van der Waals surface area contributed by atoms with Gasteiger partial charge in [-0.3, -0.25) is 9.59 Å². The van der Waals surface area contributed by atoms with Crippen molar-refractivity contribution in [3.8, 4) is 0 Å². The molecular formula is C24H34BClN4O4. The van der Waals surface area contributed by atoms with E-state index in [1.807, 2.05) is 34.9 Å². The molecule has 2 amide bonds. The van der Waals surface area contributed by atoms with E-state index in [1.165, 1.54) is 0 Å². The van der Waals surface area contributed by atoms with Gasteiger partial charge < -0.3 is 30.7 Å². The van der Waals surface area contributed by atoms with Crippen LogP contribution >= 0.6 is 12.4 Å². The first-order chi connectivity index (χ1) is 15.9. The number of carbonyl (C=O) groups is 2. The van der Waals surface area contributed by atoms with Gasteiger partial charge in [-0.05, 0) is 49.8 Å². The van der Waals surface area contributed by atoms with Crippen molar-refractivity contribution in [2.45, 2.75) is 57.4 Å². The van der Waals surface area contributed by atoms with Crippen LogP contribution in [-0.2, 0) is 22.6 Å². The number of aromatic nitrogens is 1. The molecule has 1 aliphatic carbocycles. The van der Waals surface area contributed by atoms with Gasteiger partial charge >= 0.3 is 7.12 Å². The van der Waals surface area contributed by atoms with Crippen LogP contribution in [0.25, 0.3) is 0 Å². The highest BCUT2D eigenvalue weighted by molar-refractivity contribution is 6.43. The number of nitrogens with one attached hydrogen (secondary N) is 3. The van der Waals surface area contributed by atoms with Crippen LogP contribution in [0.3, 0.4) is 0 Å². The van der Waals surface area contributed by atoms with E-state index in [0.29, 0.717) is 50.6 Å². The lowest BCUT2D eigenvalue weighted by Crippen LogP contribution is -2.56. The molecule has 10 heteroatoms. The molecule has 184 valence electrons. The molecule has 0 bridgehead atoms. The average Bonchev–Trinajstić information content (AvgIpc) is 3.31. The van der Waals surface area contributed by atoms with Crippen LogP contribution in [0.5, 0.6) is 0 Å². The molecule has 0 aliphatic heterocycles. The fourth-order valence-corrected chi connectivity index (χ4v) is 4.37. The van der Waals surface area contributed by atoms with Crippen molar-refractivity contribution in [3.05, 3.63) is 65.8 Å². The van der Waals surface area contributed by atoms with E-state index in [-0.39, 0.29) is 18.3 Å². The lowest BCUT2D eigenvalue weighted by atomic mass is 9.75. The summed E-state index contributed by atoms with van der Waals surface area (Å²) < 4.78 is 1.90. The summed E-state index contributed by atoms with van der Waals surface area (Å²) in [5.74, 6) is -1.57. The molecular weight excluding hydrogens is 455 g/mol. The third-order valence-corrected chi connectivity index (χ3v) is 6.37. The van der Waals surface area contributed by atoms with Crippen LogP contribution in [0, 0.1) is 10.8 Å². The minimum atomic E-state index is -1.71. The molecule has 0 saturated heterocycles. The largest absolute Gasteiger partial charge is 0.475 e. The van der Waals surface area contributed by atoms with Crippen molar-refractivity contribution in [2.24, 2.45) is 5.41 Å². The number of nitrogens with zero attached hydrogens (tertiary/aromatic N) is 1. The number of hydrogen-bond donors (Lipinski definition) is 5. The second kappa shape index (κ2) is 13.3. The minimum absolute atomic E-state index is 0. The third kappa shape index (κ3) is 7.45. The van der Waals surface area contributed by atoms with Gasteiger partial charge in [-0.25, -0.2) is 0 Å². The molecule has 1 aromatic heterocycles. The van der Waals surface area contributed by atoms with Crippen LogP contribution in [-0.4, -0.2) is 46.0 Å². The number of halogens is 1. The van der Waals surface area contributed by atoms with Crippen LogP contribution < -0.4 is 16.0 Å². The standard InChI is InChI=1S/C24H33BN4O4.ClH/c26-20-11-17-29(18-12-20)16-6-9-21(25(32)33)28-23(31)24(13-4-5-14-24)22(30)27-15-10-19-7-2-1-3-8-19;/h1-3,7-8,11-12,17-18,21,26,32-33H,4-6,9-10,13-16H2,(H,27,30)(H,28,31);1H/t21-;/m0./s1. The lowest BCUT2D eigenvalue weighted by Gasteiger charge is -2.29. The molecule has 1 atom stereocenters. The molecule has 5 N–H and O–H groups in total. The molecule has 0 unspecified atom stereocenters. The van der Waals surface area contributed by atoms with E-state index in [4.69, 9.17) is 5.41 Å². The molecule has 34 heavy (non-hydrogen) atoms. The van der Waals surface area contributed by atoms with Gasteiger partial charge in [0.15, 0.2) is 0 Å². The third-order valence-electron chi connectivity index (χ3n) is 6.37. The number of aryl methyl sites for hydroxylation is 1. The van der Waals surface area contributed by atoms with Crippen LogP contribution in [0.2, 0.25) is 0 Å². The number of pyridine rings is 1. The topological polar surface area (TPSA) is 127 Å². The Bertz CT molecular complexity index is 960. The first-order valence-electron chi connectivity index (χ1n) is 11.6. The highest BCUT2D eigenvalue weighted by Gasteiger charge is 2.48. The first kappa shape index (κ1) is 27.6. The molecule has 1 fully saturated rings. The van der Waals surface area contributed by atoms with Crippen molar-refractivity contribution < 1.29 is 19.6 Å². The molecule has 1 aliphatic rings. The van der Waals surface area contributed by atoms with Gasteiger partial charge in [-0.1, -0.05) is 43.2 Å². The number of carbonyl (C=O) groups excluding carboxylic acids is 2. The highest BCUT2D eigenvalue weighted by Crippen LogP contribution is 2.39. The molecule has 1 aromatic carbocycles. The lowest BCUT2D eigenvalue weighted by molar-refractivity contribution is -0.143. The van der Waals surface area contributed by atoms with Gasteiger partial charge in [0.05, 0.1) is 11.3 Å². The summed E-state index contributed by atoms with van der Waals surface area (Å²) in [4.78, 5) is 26.3. The Morgan fingerprint density at radius 1 is 1.06 bits per heavy atom. The maximum absolute atomic E-state index is 13.2. The van der Waals surface area contributed by atoms with Gasteiger partial charge in [0.2, 0.25) is 11.8 Å². The summed E-state index contributed by atoms with van der Waals surface area (Å²) in [6, 6.07) is 13.2. The Balaban J connectivity index is 0.00000408. The van der Waals surface area contributed by atoms with Gasteiger partial charge in [0, 0.05) is 25.5 Å². The van der Waals surface area contributed by atoms with Crippen molar-refractivity contribution in [1.82, 2.24) is 15.2 Å². The molecule has 0 radical (unpaired) electrons. The molecule has 8 nitrogen and oxygen atoms in total. The van der Waals surface area contributed by atoms with Crippen LogP contribution in [0.1, 0.15) is 44.1 Å². The van der Waals surface area contributed by atoms with E-state index < -0.39 is 24.4 Å². The maximum Gasteiger partial charge on any atom is 0.475 e. The van der Waals surface area contributed by atoms with Gasteiger partial charge in [0.25, 0.3) is 0 Å². The summed E-state index contributed by atoms with van der Waals surface area (Å²) in [6.07, 6.45) is 7.70. The quantitative estimate of drug-likeness (QED) is 0.243. The van der Waals surface area contributed by atoms with E-state index in [9.17, 15) is 19.6 Å². The Kier molecular flexibility index (Phi) is 10.8. The summed E-state index contributed by atoms with van der Waals surface area (Å²) in [5.41, 5.74) is -0.0517. The molecule has 3 rings (SSSR count). The average molecular weight is 489 g/mol. The second-order valence-corrected chi connectivity index (χ2v) is 8.74. The maximum atomic E-state index is 13.2. The highest BCUT2D eigenvalue weighted by atomic mass is 35.5. The summed E-state index contributed by atoms with van der Waals surface area (Å²) in [6.45, 7) is 1.06. The Morgan fingerprint density at radius 3 is 2.32 bits per heavy atom. The fraction of sp³-hybridized carbons (Fsp3) is 0.458. The minimum Gasteiger partial charge on any atom is -0.426 e. The number of benzene rings is 1. The fourth-order valence-electron chi connectivity index (χ4n) is 4.37. The molecule has 1 heterocycles. The van der Waals surface area contributed by atoms with Crippen molar-refractivity contribution >= 4 is 31.3 Å². The normalized spacial score (nSPS) is 15.1. The van der Waals surface area contributed by atoms with Crippen molar-refractivity contribution in [3.63, 3.8) is 0 Å². The zero-order valence-corrected chi connectivity index (χ0v) is 20.1. The number of rotatable bonds is 11. The second-order valence-electron chi connectivity index (χ2n) is 8.74. The van der Waals surface area contributed by atoms with Crippen LogP contribution in [0.4, 0.5) is 0 Å². The zero-order valence-electron chi connectivity index (χ0n) is 19.3. The Labute approximate surface area is 206 Å². The summed E-state index contributed by atoms with van der Waals surface area (Å²) in [7, 11) is -1.71. The molecule has 0 spiro atoms. The monoisotopic (exact) mass is 488 g/mol. The van der Waals surface area contributed by atoms with E-state index in [2.05, 4.69) is 10.6 Å². The van der Waals surface area contributed by atoms with Gasteiger partial charge in [0.1, 0.15) is 5.41 Å². The predicted molar refractivity (Wildman–Crippen MR) is 133 cm³/mol. The zero-order chi connectivity index (χ0) is 23.7. The first-order valence-corrected chi connectivity index (χ1v) is 11.6. The molecule has 1 saturated carbocycles. The van der Waals surface area contributed by atoms with E-state index in [1.54, 1.807) is 24.5 Å². The SMILES string of the molecule is Cl.N=c1ccn(CCC[C@H](NC(=O)C2(C(=O)NCCc3ccccc3)CCCC2)B(O)O)cc1. The Hall–Kier alpha value is -2.62. The van der Waals surface area contributed by atoms with Crippen LogP contribution in [0.15, 0.2) is 54.9 Å². The van der Waals surface area contributed by atoms with Gasteiger partial charge in [-0.15, -0.1) is 12.4 Å². The van der Waals surface area contributed by atoms with E-state index >= 15 is 0 Å². The molecule has 2 aromatic rings. The van der Waals surface area contributed by atoms with Gasteiger partial charge in [-0.2, -0.15) is 0 Å².